The van der Waals surface area contributed by atoms with Crippen molar-refractivity contribution in [1.82, 2.24) is 14.9 Å². The lowest BCUT2D eigenvalue weighted by Gasteiger charge is -2.28. The minimum Gasteiger partial charge on any atom is -0.354 e. The van der Waals surface area contributed by atoms with E-state index in [1.165, 1.54) is 6.07 Å². The van der Waals surface area contributed by atoms with Crippen molar-refractivity contribution in [3.8, 4) is 6.07 Å². The summed E-state index contributed by atoms with van der Waals surface area (Å²) in [7, 11) is 0. The maximum absolute atomic E-state index is 14.2. The molecule has 2 aromatic heterocycles. The number of rotatable bonds is 3. The first-order chi connectivity index (χ1) is 12.2. The number of anilines is 1. The monoisotopic (exact) mass is 335 g/mol. The number of nitrogens with one attached hydrogen (secondary N) is 1. The second-order valence-corrected chi connectivity index (χ2v) is 6.18. The molecule has 3 aromatic rings. The Hall–Kier alpha value is -2.91. The maximum Gasteiger partial charge on any atom is 0.142 e. The van der Waals surface area contributed by atoms with Crippen LogP contribution in [0.2, 0.25) is 0 Å². The van der Waals surface area contributed by atoms with Crippen LogP contribution in [0.5, 0.6) is 0 Å². The second kappa shape index (κ2) is 6.54. The van der Waals surface area contributed by atoms with Gasteiger partial charge in [-0.3, -0.25) is 0 Å². The smallest absolute Gasteiger partial charge is 0.142 e. The predicted octanol–water partition coefficient (Wildman–Crippen LogP) is 2.50. The van der Waals surface area contributed by atoms with Gasteiger partial charge in [0.2, 0.25) is 0 Å². The summed E-state index contributed by atoms with van der Waals surface area (Å²) in [6.07, 6.45) is 1.93. The zero-order chi connectivity index (χ0) is 17.2. The topological polar surface area (TPSA) is 56.9 Å². The number of piperazine rings is 1. The van der Waals surface area contributed by atoms with Gasteiger partial charge in [-0.25, -0.2) is 9.37 Å². The molecule has 1 fully saturated rings. The molecule has 5 nitrogen and oxygen atoms in total. The first kappa shape index (κ1) is 15.6. The summed E-state index contributed by atoms with van der Waals surface area (Å²) in [4.78, 5) is 7.06. The van der Waals surface area contributed by atoms with E-state index in [9.17, 15) is 4.39 Å². The Balaban J connectivity index is 1.66. The lowest BCUT2D eigenvalue weighted by atomic mass is 10.1. The van der Waals surface area contributed by atoms with E-state index in [2.05, 4.69) is 16.3 Å². The summed E-state index contributed by atoms with van der Waals surface area (Å²) in [5, 5.41) is 13.2. The van der Waals surface area contributed by atoms with Crippen molar-refractivity contribution in [3.63, 3.8) is 0 Å². The molecule has 0 saturated carbocycles. The second-order valence-electron chi connectivity index (χ2n) is 6.18. The average Bonchev–Trinajstić information content (AvgIpc) is 3.06. The number of benzene rings is 1. The third kappa shape index (κ3) is 3.06. The molecule has 126 valence electrons. The molecular formula is C19H18FN5. The molecule has 6 heteroatoms. The summed E-state index contributed by atoms with van der Waals surface area (Å²) < 4.78 is 16.1. The number of aromatic nitrogens is 2. The normalized spacial score (nSPS) is 14.6. The number of pyridine rings is 1. The molecule has 1 saturated heterocycles. The lowest BCUT2D eigenvalue weighted by molar-refractivity contribution is 0.585. The van der Waals surface area contributed by atoms with E-state index in [1.807, 2.05) is 29.0 Å². The molecule has 1 aliphatic heterocycles. The van der Waals surface area contributed by atoms with Crippen LogP contribution in [-0.2, 0) is 6.54 Å². The van der Waals surface area contributed by atoms with Crippen LogP contribution in [0.4, 0.5) is 10.2 Å². The van der Waals surface area contributed by atoms with Crippen molar-refractivity contribution in [3.05, 3.63) is 59.5 Å². The van der Waals surface area contributed by atoms with Crippen LogP contribution in [0.15, 0.2) is 42.6 Å². The molecule has 0 spiro atoms. The van der Waals surface area contributed by atoms with Gasteiger partial charge in [-0.15, -0.1) is 0 Å². The fourth-order valence-corrected chi connectivity index (χ4v) is 3.18. The molecule has 0 atom stereocenters. The summed E-state index contributed by atoms with van der Waals surface area (Å²) in [6, 6.07) is 12.6. The van der Waals surface area contributed by atoms with Crippen LogP contribution < -0.4 is 10.2 Å². The SMILES string of the molecule is N#Cc1ccc(Cn2ccc3ccc(N4CCNCC4)nc32)c(F)c1. The number of fused-ring (bicyclic) bond motifs is 1. The van der Waals surface area contributed by atoms with E-state index < -0.39 is 0 Å². The molecule has 1 aromatic carbocycles. The van der Waals surface area contributed by atoms with Crippen molar-refractivity contribution < 1.29 is 4.39 Å². The van der Waals surface area contributed by atoms with Gasteiger partial charge in [-0.2, -0.15) is 5.26 Å². The molecule has 0 bridgehead atoms. The largest absolute Gasteiger partial charge is 0.354 e. The van der Waals surface area contributed by atoms with Gasteiger partial charge in [-0.05, 0) is 30.3 Å². The van der Waals surface area contributed by atoms with Crippen molar-refractivity contribution in [1.29, 1.82) is 5.26 Å². The molecule has 0 aliphatic carbocycles. The van der Waals surface area contributed by atoms with Gasteiger partial charge < -0.3 is 14.8 Å². The zero-order valence-corrected chi connectivity index (χ0v) is 13.7. The van der Waals surface area contributed by atoms with Gasteiger partial charge in [0.1, 0.15) is 17.3 Å². The Bertz CT molecular complexity index is 950. The highest BCUT2D eigenvalue weighted by atomic mass is 19.1. The van der Waals surface area contributed by atoms with E-state index in [0.29, 0.717) is 17.7 Å². The highest BCUT2D eigenvalue weighted by Gasteiger charge is 2.14. The fourth-order valence-electron chi connectivity index (χ4n) is 3.18. The summed E-state index contributed by atoms with van der Waals surface area (Å²) in [6.45, 7) is 4.17. The third-order valence-corrected chi connectivity index (χ3v) is 4.56. The fraction of sp³-hybridized carbons (Fsp3) is 0.263. The first-order valence-corrected chi connectivity index (χ1v) is 8.35. The van der Waals surface area contributed by atoms with Crippen molar-refractivity contribution in [2.45, 2.75) is 6.54 Å². The van der Waals surface area contributed by atoms with E-state index >= 15 is 0 Å². The van der Waals surface area contributed by atoms with Gasteiger partial charge in [0.05, 0.1) is 18.2 Å². The quantitative estimate of drug-likeness (QED) is 0.799. The molecule has 25 heavy (non-hydrogen) atoms. The van der Waals surface area contributed by atoms with Gasteiger partial charge in [-0.1, -0.05) is 6.07 Å². The standard InChI is InChI=1S/C19H18FN5/c20-17-11-14(12-21)1-2-16(17)13-25-8-5-15-3-4-18(23-19(15)25)24-9-6-22-7-10-24/h1-5,8,11,22H,6-7,9-10,13H2. The molecule has 3 heterocycles. The predicted molar refractivity (Wildman–Crippen MR) is 95.0 cm³/mol. The van der Waals surface area contributed by atoms with Crippen LogP contribution in [0, 0.1) is 17.1 Å². The molecular weight excluding hydrogens is 317 g/mol. The number of hydrogen-bond donors (Lipinski definition) is 1. The molecule has 1 aliphatic rings. The van der Waals surface area contributed by atoms with Crippen molar-refractivity contribution >= 4 is 16.9 Å². The summed E-state index contributed by atoms with van der Waals surface area (Å²) in [5.41, 5.74) is 1.73. The minimum atomic E-state index is -0.362. The van der Waals surface area contributed by atoms with Crippen LogP contribution in [0.25, 0.3) is 11.0 Å². The van der Waals surface area contributed by atoms with Crippen LogP contribution in [-0.4, -0.2) is 35.7 Å². The van der Waals surface area contributed by atoms with Crippen LogP contribution in [0.3, 0.4) is 0 Å². The Labute approximate surface area is 145 Å². The Morgan fingerprint density at radius 3 is 2.76 bits per heavy atom. The van der Waals surface area contributed by atoms with Crippen LogP contribution in [0.1, 0.15) is 11.1 Å². The average molecular weight is 335 g/mol. The number of hydrogen-bond acceptors (Lipinski definition) is 4. The van der Waals surface area contributed by atoms with Crippen molar-refractivity contribution in [2.24, 2.45) is 0 Å². The van der Waals surface area contributed by atoms with E-state index in [1.54, 1.807) is 12.1 Å². The number of nitrogens with zero attached hydrogens (tertiary/aromatic N) is 4. The Kier molecular flexibility index (Phi) is 4.08. The number of nitriles is 1. The van der Waals surface area contributed by atoms with E-state index in [0.717, 1.165) is 43.0 Å². The molecule has 4 rings (SSSR count). The summed E-state index contributed by atoms with van der Waals surface area (Å²) >= 11 is 0. The van der Waals surface area contributed by atoms with Gasteiger partial charge in [0.25, 0.3) is 0 Å². The lowest BCUT2D eigenvalue weighted by Crippen LogP contribution is -2.43. The minimum absolute atomic E-state index is 0.331. The van der Waals surface area contributed by atoms with Gasteiger partial charge in [0, 0.05) is 43.3 Å². The maximum atomic E-state index is 14.2. The molecule has 0 amide bonds. The number of halogens is 1. The Morgan fingerprint density at radius 1 is 1.16 bits per heavy atom. The highest BCUT2D eigenvalue weighted by Crippen LogP contribution is 2.21. The van der Waals surface area contributed by atoms with Gasteiger partial charge in [0.15, 0.2) is 0 Å². The zero-order valence-electron chi connectivity index (χ0n) is 13.7. The van der Waals surface area contributed by atoms with E-state index in [4.69, 9.17) is 10.2 Å². The Morgan fingerprint density at radius 2 is 2.00 bits per heavy atom. The summed E-state index contributed by atoms with van der Waals surface area (Å²) in [5.74, 6) is 0.591. The molecule has 0 radical (unpaired) electrons. The highest BCUT2D eigenvalue weighted by molar-refractivity contribution is 5.78. The first-order valence-electron chi connectivity index (χ1n) is 8.35. The van der Waals surface area contributed by atoms with E-state index in [-0.39, 0.29) is 5.82 Å². The van der Waals surface area contributed by atoms with Crippen molar-refractivity contribution in [2.75, 3.05) is 31.1 Å². The molecule has 0 unspecified atom stereocenters. The molecule has 1 N–H and O–H groups in total. The third-order valence-electron chi connectivity index (χ3n) is 4.56. The van der Waals surface area contributed by atoms with Gasteiger partial charge >= 0.3 is 0 Å². The van der Waals surface area contributed by atoms with Crippen LogP contribution >= 0.6 is 0 Å².